The number of ether oxygens (including phenoxy) is 2. The highest BCUT2D eigenvalue weighted by Gasteiger charge is 2.34. The van der Waals surface area contributed by atoms with Crippen molar-refractivity contribution >= 4 is 5.91 Å². The van der Waals surface area contributed by atoms with Crippen LogP contribution in [0.25, 0.3) is 0 Å². The van der Waals surface area contributed by atoms with E-state index in [4.69, 9.17) is 9.47 Å². The van der Waals surface area contributed by atoms with E-state index in [2.05, 4.69) is 10.6 Å². The maximum Gasteiger partial charge on any atom is 0.251 e. The Morgan fingerprint density at radius 2 is 1.91 bits per heavy atom. The molecule has 2 fully saturated rings. The van der Waals surface area contributed by atoms with Crippen LogP contribution >= 0.6 is 0 Å². The third kappa shape index (κ3) is 3.78. The SMILES string of the molecule is COc1cc(C(=O)NC2CC3CCC(C2)N3)ccc1OC(C)C. The van der Waals surface area contributed by atoms with Crippen LogP contribution in [0.2, 0.25) is 0 Å². The summed E-state index contributed by atoms with van der Waals surface area (Å²) in [4.78, 5) is 12.5. The minimum Gasteiger partial charge on any atom is -0.493 e. The van der Waals surface area contributed by atoms with Gasteiger partial charge in [0.25, 0.3) is 5.91 Å². The molecule has 2 aliphatic rings. The second-order valence-electron chi connectivity index (χ2n) is 6.81. The van der Waals surface area contributed by atoms with Crippen LogP contribution in [0.1, 0.15) is 49.9 Å². The lowest BCUT2D eigenvalue weighted by Gasteiger charge is -2.29. The van der Waals surface area contributed by atoms with Gasteiger partial charge in [0.05, 0.1) is 13.2 Å². The van der Waals surface area contributed by atoms with Crippen molar-refractivity contribution in [2.45, 2.75) is 63.8 Å². The van der Waals surface area contributed by atoms with Gasteiger partial charge in [-0.2, -0.15) is 0 Å². The van der Waals surface area contributed by atoms with Gasteiger partial charge in [0.15, 0.2) is 11.5 Å². The number of piperidine rings is 1. The zero-order valence-electron chi connectivity index (χ0n) is 14.1. The van der Waals surface area contributed by atoms with Crippen molar-refractivity contribution in [2.24, 2.45) is 0 Å². The maximum absolute atomic E-state index is 12.5. The van der Waals surface area contributed by atoms with Crippen molar-refractivity contribution in [1.82, 2.24) is 10.6 Å². The van der Waals surface area contributed by atoms with Gasteiger partial charge in [0, 0.05) is 23.7 Å². The smallest absolute Gasteiger partial charge is 0.251 e. The first-order valence-electron chi connectivity index (χ1n) is 8.46. The number of methoxy groups -OCH3 is 1. The molecule has 2 bridgehead atoms. The van der Waals surface area contributed by atoms with Gasteiger partial charge in [0.2, 0.25) is 0 Å². The van der Waals surface area contributed by atoms with Crippen LogP contribution < -0.4 is 20.1 Å². The fourth-order valence-corrected chi connectivity index (χ4v) is 3.60. The second-order valence-corrected chi connectivity index (χ2v) is 6.81. The standard InChI is InChI=1S/C18H26N2O3/c1-11(2)23-16-7-4-12(8-17(16)22-3)18(21)20-15-9-13-5-6-14(10-15)19-13/h4,7-8,11,13-15,19H,5-6,9-10H2,1-3H3,(H,20,21). The molecule has 0 aliphatic carbocycles. The van der Waals surface area contributed by atoms with Gasteiger partial charge < -0.3 is 20.1 Å². The number of carbonyl (C=O) groups is 1. The van der Waals surface area contributed by atoms with Crippen LogP contribution in [-0.2, 0) is 0 Å². The molecule has 0 spiro atoms. The molecule has 0 aromatic heterocycles. The Balaban J connectivity index is 1.67. The fraction of sp³-hybridized carbons (Fsp3) is 0.611. The summed E-state index contributed by atoms with van der Waals surface area (Å²) >= 11 is 0. The molecular formula is C18H26N2O3. The maximum atomic E-state index is 12.5. The van der Waals surface area contributed by atoms with Gasteiger partial charge in [-0.25, -0.2) is 0 Å². The quantitative estimate of drug-likeness (QED) is 0.876. The van der Waals surface area contributed by atoms with Crippen LogP contribution in [0.3, 0.4) is 0 Å². The summed E-state index contributed by atoms with van der Waals surface area (Å²) in [5.74, 6) is 1.22. The molecule has 126 valence electrons. The Hall–Kier alpha value is -1.75. The highest BCUT2D eigenvalue weighted by molar-refractivity contribution is 5.95. The number of rotatable bonds is 5. The number of nitrogens with one attached hydrogen (secondary N) is 2. The molecule has 0 radical (unpaired) electrons. The van der Waals surface area contributed by atoms with Crippen LogP contribution in [0, 0.1) is 0 Å². The average molecular weight is 318 g/mol. The summed E-state index contributed by atoms with van der Waals surface area (Å²) in [5, 5.41) is 6.76. The van der Waals surface area contributed by atoms with E-state index in [0.29, 0.717) is 29.1 Å². The first-order chi connectivity index (χ1) is 11.0. The number of hydrogen-bond acceptors (Lipinski definition) is 4. The van der Waals surface area contributed by atoms with Crippen molar-refractivity contribution < 1.29 is 14.3 Å². The second kappa shape index (κ2) is 6.79. The molecule has 2 unspecified atom stereocenters. The first kappa shape index (κ1) is 16.1. The Morgan fingerprint density at radius 1 is 1.22 bits per heavy atom. The Bertz CT molecular complexity index is 561. The van der Waals surface area contributed by atoms with E-state index in [-0.39, 0.29) is 18.1 Å². The number of amides is 1. The van der Waals surface area contributed by atoms with E-state index >= 15 is 0 Å². The molecule has 1 aromatic rings. The van der Waals surface area contributed by atoms with E-state index in [0.717, 1.165) is 12.8 Å². The van der Waals surface area contributed by atoms with Crippen molar-refractivity contribution in [3.05, 3.63) is 23.8 Å². The Kier molecular flexibility index (Phi) is 4.76. The van der Waals surface area contributed by atoms with Gasteiger partial charge in [-0.1, -0.05) is 0 Å². The first-order valence-corrected chi connectivity index (χ1v) is 8.46. The van der Waals surface area contributed by atoms with E-state index in [9.17, 15) is 4.79 Å². The molecule has 2 heterocycles. The molecule has 1 amide bonds. The largest absolute Gasteiger partial charge is 0.493 e. The molecule has 3 rings (SSSR count). The third-order valence-corrected chi connectivity index (χ3v) is 4.60. The van der Waals surface area contributed by atoms with E-state index < -0.39 is 0 Å². The number of fused-ring (bicyclic) bond motifs is 2. The zero-order chi connectivity index (χ0) is 16.4. The van der Waals surface area contributed by atoms with Crippen molar-refractivity contribution in [3.8, 4) is 11.5 Å². The average Bonchev–Trinajstić information content (AvgIpc) is 2.85. The van der Waals surface area contributed by atoms with Crippen molar-refractivity contribution in [3.63, 3.8) is 0 Å². The lowest BCUT2D eigenvalue weighted by atomic mass is 9.99. The van der Waals surface area contributed by atoms with Gasteiger partial charge in [-0.15, -0.1) is 0 Å². The predicted octanol–water partition coefficient (Wildman–Crippen LogP) is 2.50. The lowest BCUT2D eigenvalue weighted by Crippen LogP contribution is -2.48. The summed E-state index contributed by atoms with van der Waals surface area (Å²) in [6.07, 6.45) is 4.56. The van der Waals surface area contributed by atoms with Crippen molar-refractivity contribution in [1.29, 1.82) is 0 Å². The minimum atomic E-state index is -0.0364. The van der Waals surface area contributed by atoms with Gasteiger partial charge in [-0.3, -0.25) is 4.79 Å². The summed E-state index contributed by atoms with van der Waals surface area (Å²) in [6, 6.07) is 6.75. The molecule has 2 aliphatic heterocycles. The number of hydrogen-bond donors (Lipinski definition) is 2. The topological polar surface area (TPSA) is 59.6 Å². The van der Waals surface area contributed by atoms with Gasteiger partial charge in [-0.05, 0) is 57.7 Å². The fourth-order valence-electron chi connectivity index (χ4n) is 3.60. The zero-order valence-corrected chi connectivity index (χ0v) is 14.1. The molecule has 5 nitrogen and oxygen atoms in total. The monoisotopic (exact) mass is 318 g/mol. The molecule has 2 N–H and O–H groups in total. The molecule has 1 aromatic carbocycles. The van der Waals surface area contributed by atoms with Crippen LogP contribution in [0.15, 0.2) is 18.2 Å². The number of benzene rings is 1. The molecule has 23 heavy (non-hydrogen) atoms. The van der Waals surface area contributed by atoms with Crippen LogP contribution in [-0.4, -0.2) is 37.2 Å². The minimum absolute atomic E-state index is 0.0364. The van der Waals surface area contributed by atoms with Gasteiger partial charge >= 0.3 is 0 Å². The van der Waals surface area contributed by atoms with Gasteiger partial charge in [0.1, 0.15) is 0 Å². The van der Waals surface area contributed by atoms with Crippen LogP contribution in [0.4, 0.5) is 0 Å². The van der Waals surface area contributed by atoms with Crippen molar-refractivity contribution in [2.75, 3.05) is 7.11 Å². The van der Waals surface area contributed by atoms with Crippen LogP contribution in [0.5, 0.6) is 11.5 Å². The highest BCUT2D eigenvalue weighted by atomic mass is 16.5. The van der Waals surface area contributed by atoms with E-state index in [1.165, 1.54) is 12.8 Å². The van der Waals surface area contributed by atoms with E-state index in [1.807, 2.05) is 13.8 Å². The molecular weight excluding hydrogens is 292 g/mol. The van der Waals surface area contributed by atoms with E-state index in [1.54, 1.807) is 25.3 Å². The third-order valence-electron chi connectivity index (χ3n) is 4.60. The predicted molar refractivity (Wildman–Crippen MR) is 89.2 cm³/mol. The molecule has 2 saturated heterocycles. The summed E-state index contributed by atoms with van der Waals surface area (Å²) in [5.41, 5.74) is 0.615. The molecule has 5 heteroatoms. The Morgan fingerprint density at radius 3 is 2.52 bits per heavy atom. The molecule has 2 atom stereocenters. The number of carbonyl (C=O) groups excluding carboxylic acids is 1. The normalized spacial score (nSPS) is 26.2. The summed E-state index contributed by atoms with van der Waals surface area (Å²) in [7, 11) is 1.59. The summed E-state index contributed by atoms with van der Waals surface area (Å²) < 4.78 is 11.0. The highest BCUT2D eigenvalue weighted by Crippen LogP contribution is 2.30. The molecule has 0 saturated carbocycles. The summed E-state index contributed by atoms with van der Waals surface area (Å²) in [6.45, 7) is 3.93. The lowest BCUT2D eigenvalue weighted by molar-refractivity contribution is 0.0923. The Labute approximate surface area is 137 Å².